The zero-order chi connectivity index (χ0) is 22.9. The summed E-state index contributed by atoms with van der Waals surface area (Å²) in [5.74, 6) is 1.05. The van der Waals surface area contributed by atoms with Crippen molar-refractivity contribution in [1.29, 1.82) is 0 Å². The Morgan fingerprint density at radius 2 is 1.30 bits per heavy atom. The Balaban J connectivity index is 1.79. The molecule has 0 aliphatic carbocycles. The Kier molecular flexibility index (Phi) is 7.72. The molecule has 0 N–H and O–H groups in total. The SMILES string of the molecule is CCCCOc1cccc(C(=O)c2ccccc2)c1O[Si](c1ccccc1)c1ccccc1. The predicted molar refractivity (Wildman–Crippen MR) is 135 cm³/mol. The average Bonchev–Trinajstić information content (AvgIpc) is 2.89. The molecule has 33 heavy (non-hydrogen) atoms. The quantitative estimate of drug-likeness (QED) is 0.187. The lowest BCUT2D eigenvalue weighted by Crippen LogP contribution is -2.47. The zero-order valence-electron chi connectivity index (χ0n) is 18.7. The van der Waals surface area contributed by atoms with Crippen LogP contribution in [-0.4, -0.2) is 21.4 Å². The second kappa shape index (κ2) is 11.3. The van der Waals surface area contributed by atoms with Crippen LogP contribution >= 0.6 is 0 Å². The molecular formula is C29H27O3Si. The fourth-order valence-electron chi connectivity index (χ4n) is 3.55. The van der Waals surface area contributed by atoms with Gasteiger partial charge in [0.15, 0.2) is 17.3 Å². The van der Waals surface area contributed by atoms with Gasteiger partial charge in [-0.3, -0.25) is 4.79 Å². The van der Waals surface area contributed by atoms with Crippen molar-refractivity contribution in [2.75, 3.05) is 6.61 Å². The van der Waals surface area contributed by atoms with E-state index in [1.807, 2.05) is 84.9 Å². The van der Waals surface area contributed by atoms with E-state index in [1.54, 1.807) is 0 Å². The van der Waals surface area contributed by atoms with Crippen LogP contribution in [0.3, 0.4) is 0 Å². The Hall–Kier alpha value is -3.63. The molecule has 0 bridgehead atoms. The third kappa shape index (κ3) is 5.60. The molecular weight excluding hydrogens is 424 g/mol. The molecule has 0 unspecified atom stereocenters. The molecule has 0 amide bonds. The van der Waals surface area contributed by atoms with Crippen molar-refractivity contribution in [1.82, 2.24) is 0 Å². The van der Waals surface area contributed by atoms with Gasteiger partial charge in [-0.25, -0.2) is 0 Å². The molecule has 0 fully saturated rings. The van der Waals surface area contributed by atoms with Crippen molar-refractivity contribution < 1.29 is 14.0 Å². The lowest BCUT2D eigenvalue weighted by molar-refractivity contribution is 0.103. The highest BCUT2D eigenvalue weighted by Gasteiger charge is 2.26. The van der Waals surface area contributed by atoms with Gasteiger partial charge in [0.05, 0.1) is 12.2 Å². The number of hydrogen-bond acceptors (Lipinski definition) is 3. The van der Waals surface area contributed by atoms with Gasteiger partial charge in [0.2, 0.25) is 0 Å². The lowest BCUT2D eigenvalue weighted by Gasteiger charge is -2.22. The number of ketones is 1. The maximum atomic E-state index is 13.5. The molecule has 0 aliphatic heterocycles. The Morgan fingerprint density at radius 3 is 1.88 bits per heavy atom. The second-order valence-corrected chi connectivity index (χ2v) is 9.71. The van der Waals surface area contributed by atoms with Gasteiger partial charge in [-0.1, -0.05) is 110 Å². The fourth-order valence-corrected chi connectivity index (χ4v) is 5.52. The van der Waals surface area contributed by atoms with E-state index in [-0.39, 0.29) is 5.78 Å². The maximum absolute atomic E-state index is 13.5. The number of ether oxygens (including phenoxy) is 1. The van der Waals surface area contributed by atoms with Gasteiger partial charge < -0.3 is 9.16 Å². The fraction of sp³-hybridized carbons (Fsp3) is 0.138. The summed E-state index contributed by atoms with van der Waals surface area (Å²) in [7, 11) is -1.67. The standard InChI is InChI=1S/C29H27O3Si/c1-2-3-22-31-27-21-13-20-26(28(30)23-14-7-4-8-15-23)29(27)32-33(24-16-9-5-10-17-24)25-18-11-6-12-19-25/h4-21H,2-3,22H2,1H3. The van der Waals surface area contributed by atoms with E-state index in [9.17, 15) is 4.79 Å². The van der Waals surface area contributed by atoms with Crippen LogP contribution in [0, 0.1) is 0 Å². The zero-order valence-corrected chi connectivity index (χ0v) is 19.7. The molecule has 0 heterocycles. The van der Waals surface area contributed by atoms with E-state index in [0.29, 0.717) is 29.2 Å². The second-order valence-electron chi connectivity index (χ2n) is 7.69. The van der Waals surface area contributed by atoms with Crippen LogP contribution in [0.25, 0.3) is 0 Å². The molecule has 4 aromatic carbocycles. The minimum absolute atomic E-state index is 0.0750. The van der Waals surface area contributed by atoms with Gasteiger partial charge in [0.1, 0.15) is 0 Å². The molecule has 165 valence electrons. The van der Waals surface area contributed by atoms with E-state index in [2.05, 4.69) is 31.2 Å². The molecule has 4 heteroatoms. The summed E-state index contributed by atoms with van der Waals surface area (Å²) in [4.78, 5) is 13.5. The van der Waals surface area contributed by atoms with Gasteiger partial charge in [-0.05, 0) is 28.9 Å². The van der Waals surface area contributed by atoms with Crippen LogP contribution in [0.5, 0.6) is 11.5 Å². The molecule has 4 aromatic rings. The summed E-state index contributed by atoms with van der Waals surface area (Å²) in [6.45, 7) is 2.70. The third-order valence-electron chi connectivity index (χ3n) is 5.29. The summed E-state index contributed by atoms with van der Waals surface area (Å²) >= 11 is 0. The number of carbonyl (C=O) groups is 1. The van der Waals surface area contributed by atoms with E-state index >= 15 is 0 Å². The molecule has 0 aliphatic rings. The number of carbonyl (C=O) groups excluding carboxylic acids is 1. The average molecular weight is 452 g/mol. The van der Waals surface area contributed by atoms with Gasteiger partial charge in [-0.15, -0.1) is 0 Å². The van der Waals surface area contributed by atoms with Crippen LogP contribution in [0.1, 0.15) is 35.7 Å². The van der Waals surface area contributed by atoms with Crippen molar-refractivity contribution in [3.8, 4) is 11.5 Å². The summed E-state index contributed by atoms with van der Waals surface area (Å²) in [6, 6.07) is 35.3. The van der Waals surface area contributed by atoms with E-state index in [4.69, 9.17) is 9.16 Å². The number of benzene rings is 4. The van der Waals surface area contributed by atoms with Crippen molar-refractivity contribution >= 4 is 25.2 Å². The van der Waals surface area contributed by atoms with E-state index in [1.165, 1.54) is 0 Å². The lowest BCUT2D eigenvalue weighted by atomic mass is 10.0. The molecule has 0 saturated carbocycles. The van der Waals surface area contributed by atoms with Crippen LogP contribution < -0.4 is 19.5 Å². The Labute approximate surface area is 197 Å². The number of unbranched alkanes of at least 4 members (excludes halogenated alkanes) is 1. The summed E-state index contributed by atoms with van der Waals surface area (Å²) in [5, 5.41) is 2.21. The first kappa shape index (κ1) is 22.6. The maximum Gasteiger partial charge on any atom is 0.352 e. The highest BCUT2D eigenvalue weighted by molar-refractivity contribution is 6.80. The Morgan fingerprint density at radius 1 is 0.727 bits per heavy atom. The molecule has 1 radical (unpaired) electrons. The van der Waals surface area contributed by atoms with Crippen molar-refractivity contribution in [2.45, 2.75) is 19.8 Å². The minimum atomic E-state index is -1.67. The molecule has 4 rings (SSSR count). The molecule has 0 saturated heterocycles. The van der Waals surface area contributed by atoms with E-state index in [0.717, 1.165) is 23.2 Å². The minimum Gasteiger partial charge on any atom is -0.530 e. The topological polar surface area (TPSA) is 35.5 Å². The number of hydrogen-bond donors (Lipinski definition) is 0. The van der Waals surface area contributed by atoms with Crippen LogP contribution in [0.2, 0.25) is 0 Å². The molecule has 0 aromatic heterocycles. The molecule has 0 atom stereocenters. The van der Waals surface area contributed by atoms with Crippen molar-refractivity contribution in [3.63, 3.8) is 0 Å². The first-order chi connectivity index (χ1) is 16.3. The van der Waals surface area contributed by atoms with Gasteiger partial charge in [-0.2, -0.15) is 0 Å². The van der Waals surface area contributed by atoms with Crippen LogP contribution in [-0.2, 0) is 0 Å². The number of para-hydroxylation sites is 1. The van der Waals surface area contributed by atoms with Crippen LogP contribution in [0.15, 0.2) is 109 Å². The van der Waals surface area contributed by atoms with Crippen molar-refractivity contribution in [2.24, 2.45) is 0 Å². The smallest absolute Gasteiger partial charge is 0.352 e. The van der Waals surface area contributed by atoms with Gasteiger partial charge in [0, 0.05) is 5.56 Å². The molecule has 0 spiro atoms. The van der Waals surface area contributed by atoms with Crippen molar-refractivity contribution in [3.05, 3.63) is 120 Å². The number of rotatable bonds is 10. The van der Waals surface area contributed by atoms with Gasteiger partial charge >= 0.3 is 9.04 Å². The van der Waals surface area contributed by atoms with E-state index < -0.39 is 9.04 Å². The largest absolute Gasteiger partial charge is 0.530 e. The van der Waals surface area contributed by atoms with Crippen LogP contribution in [0.4, 0.5) is 0 Å². The molecule has 3 nitrogen and oxygen atoms in total. The summed E-state index contributed by atoms with van der Waals surface area (Å²) in [5.41, 5.74) is 1.14. The Bertz CT molecular complexity index is 1120. The first-order valence-electron chi connectivity index (χ1n) is 11.3. The highest BCUT2D eigenvalue weighted by Crippen LogP contribution is 2.33. The highest BCUT2D eigenvalue weighted by atomic mass is 28.3. The predicted octanol–water partition coefficient (Wildman–Crippen LogP) is 5.28. The monoisotopic (exact) mass is 451 g/mol. The summed E-state index contributed by atoms with van der Waals surface area (Å²) in [6.07, 6.45) is 1.97. The van der Waals surface area contributed by atoms with Gasteiger partial charge in [0.25, 0.3) is 0 Å². The normalized spacial score (nSPS) is 10.7. The summed E-state index contributed by atoms with van der Waals surface area (Å²) < 4.78 is 12.9. The third-order valence-corrected chi connectivity index (χ3v) is 7.41. The first-order valence-corrected chi connectivity index (χ1v) is 12.7.